The van der Waals surface area contributed by atoms with E-state index in [1.165, 1.54) is 0 Å². The Bertz CT molecular complexity index is 960. The predicted molar refractivity (Wildman–Crippen MR) is 99.6 cm³/mol. The molecular formula is C18H18ClNO5S. The third-order valence-corrected chi connectivity index (χ3v) is 5.95. The van der Waals surface area contributed by atoms with Crippen LogP contribution < -0.4 is 0 Å². The molecule has 0 spiro atoms. The summed E-state index contributed by atoms with van der Waals surface area (Å²) < 4.78 is 24.9. The molecule has 0 saturated carbocycles. The number of hydrogen-bond donors (Lipinski definition) is 0. The van der Waals surface area contributed by atoms with Crippen molar-refractivity contribution in [2.45, 2.75) is 31.1 Å². The second-order valence-electron chi connectivity index (χ2n) is 6.88. The van der Waals surface area contributed by atoms with E-state index in [2.05, 4.69) is 0 Å². The highest BCUT2D eigenvalue weighted by atomic mass is 35.5. The molecule has 6 nitrogen and oxygen atoms in total. The van der Waals surface area contributed by atoms with E-state index >= 15 is 0 Å². The van der Waals surface area contributed by atoms with E-state index in [4.69, 9.17) is 11.6 Å². The molecule has 0 amide bonds. The van der Waals surface area contributed by atoms with Gasteiger partial charge in [-0.2, -0.15) is 0 Å². The topological polar surface area (TPSA) is 94.3 Å². The van der Waals surface area contributed by atoms with E-state index in [9.17, 15) is 23.3 Å². The number of halogens is 1. The van der Waals surface area contributed by atoms with E-state index in [1.807, 2.05) is 20.8 Å². The first-order chi connectivity index (χ1) is 11.9. The monoisotopic (exact) mass is 395 g/mol. The van der Waals surface area contributed by atoms with Crippen LogP contribution in [-0.4, -0.2) is 24.9 Å². The van der Waals surface area contributed by atoms with Gasteiger partial charge in [0.05, 0.1) is 14.8 Å². The van der Waals surface area contributed by atoms with Gasteiger partial charge in [0.25, 0.3) is 5.69 Å². The fraction of sp³-hybridized carbons (Fsp3) is 0.278. The van der Waals surface area contributed by atoms with Crippen LogP contribution >= 0.6 is 11.6 Å². The number of benzene rings is 2. The molecule has 0 aliphatic carbocycles. The highest BCUT2D eigenvalue weighted by Crippen LogP contribution is 2.28. The highest BCUT2D eigenvalue weighted by Gasteiger charge is 2.25. The van der Waals surface area contributed by atoms with Gasteiger partial charge < -0.3 is 0 Å². The standard InChI is InChI=1S/C18H18ClNO5S/c1-18(2,3)13-6-4-12(5-7-13)16(21)11-26(24,25)17-9-8-14(20(22)23)10-15(17)19/h4-10H,11H2,1-3H3. The first-order valence-corrected chi connectivity index (χ1v) is 9.75. The molecule has 0 heterocycles. The maximum atomic E-state index is 12.5. The molecule has 0 saturated heterocycles. The van der Waals surface area contributed by atoms with Crippen LogP contribution in [0.1, 0.15) is 36.7 Å². The van der Waals surface area contributed by atoms with Crippen molar-refractivity contribution >= 4 is 32.9 Å². The summed E-state index contributed by atoms with van der Waals surface area (Å²) in [5.41, 5.74) is 0.896. The lowest BCUT2D eigenvalue weighted by molar-refractivity contribution is -0.384. The molecule has 0 N–H and O–H groups in total. The average Bonchev–Trinajstić information content (AvgIpc) is 2.53. The minimum atomic E-state index is -4.02. The lowest BCUT2D eigenvalue weighted by Gasteiger charge is -2.19. The van der Waals surface area contributed by atoms with Crippen molar-refractivity contribution in [1.29, 1.82) is 0 Å². The second kappa shape index (κ2) is 7.17. The van der Waals surface area contributed by atoms with E-state index < -0.39 is 26.3 Å². The number of non-ortho nitro benzene ring substituents is 1. The van der Waals surface area contributed by atoms with Crippen LogP contribution in [0.25, 0.3) is 0 Å². The molecule has 2 aromatic rings. The summed E-state index contributed by atoms with van der Waals surface area (Å²) in [5, 5.41) is 10.4. The highest BCUT2D eigenvalue weighted by molar-refractivity contribution is 7.92. The van der Waals surface area contributed by atoms with Crippen LogP contribution in [-0.2, 0) is 15.3 Å². The molecule has 0 fully saturated rings. The summed E-state index contributed by atoms with van der Waals surface area (Å²) in [6, 6.07) is 9.81. The maximum absolute atomic E-state index is 12.5. The van der Waals surface area contributed by atoms with Gasteiger partial charge in [-0.25, -0.2) is 8.42 Å². The van der Waals surface area contributed by atoms with Crippen LogP contribution in [0.2, 0.25) is 5.02 Å². The smallest absolute Gasteiger partial charge is 0.271 e. The normalized spacial score (nSPS) is 12.0. The van der Waals surface area contributed by atoms with Gasteiger partial charge in [0, 0.05) is 17.7 Å². The third kappa shape index (κ3) is 4.47. The summed E-state index contributed by atoms with van der Waals surface area (Å²) in [6.07, 6.45) is 0. The molecule has 0 radical (unpaired) electrons. The molecule has 8 heteroatoms. The van der Waals surface area contributed by atoms with E-state index in [0.29, 0.717) is 0 Å². The Labute approximate surface area is 156 Å². The van der Waals surface area contributed by atoms with Gasteiger partial charge in [0.15, 0.2) is 15.6 Å². The number of sulfone groups is 1. The largest absolute Gasteiger partial charge is 0.293 e. The van der Waals surface area contributed by atoms with Crippen LogP contribution in [0.5, 0.6) is 0 Å². The number of hydrogen-bond acceptors (Lipinski definition) is 5. The van der Waals surface area contributed by atoms with Crippen LogP contribution in [0.4, 0.5) is 5.69 Å². The van der Waals surface area contributed by atoms with Gasteiger partial charge in [-0.15, -0.1) is 0 Å². The number of carbonyl (C=O) groups excluding carboxylic acids is 1. The Morgan fingerprint density at radius 2 is 1.69 bits per heavy atom. The lowest BCUT2D eigenvalue weighted by Crippen LogP contribution is -2.17. The van der Waals surface area contributed by atoms with Crippen LogP contribution in [0, 0.1) is 10.1 Å². The first kappa shape index (κ1) is 20.1. The number of Topliss-reactive ketones (excluding diaryl/α,β-unsaturated/α-hetero) is 1. The minimum absolute atomic E-state index is 0.0834. The van der Waals surface area contributed by atoms with Crippen molar-refractivity contribution < 1.29 is 18.1 Å². The number of nitro groups is 1. The Kier molecular flexibility index (Phi) is 5.53. The zero-order chi connectivity index (χ0) is 19.7. The molecular weight excluding hydrogens is 378 g/mol. The van der Waals surface area contributed by atoms with Gasteiger partial charge in [-0.1, -0.05) is 56.6 Å². The van der Waals surface area contributed by atoms with Gasteiger partial charge in [0.2, 0.25) is 0 Å². The van der Waals surface area contributed by atoms with Crippen LogP contribution in [0.3, 0.4) is 0 Å². The molecule has 2 aromatic carbocycles. The lowest BCUT2D eigenvalue weighted by atomic mass is 9.86. The van der Waals surface area contributed by atoms with Gasteiger partial charge >= 0.3 is 0 Å². The number of ketones is 1. The Hall–Kier alpha value is -2.25. The maximum Gasteiger partial charge on any atom is 0.271 e. The molecule has 0 atom stereocenters. The zero-order valence-corrected chi connectivity index (χ0v) is 16.1. The third-order valence-electron chi connectivity index (χ3n) is 3.86. The number of nitro benzene ring substituents is 1. The number of carbonyl (C=O) groups is 1. The summed E-state index contributed by atoms with van der Waals surface area (Å²) in [4.78, 5) is 22.1. The van der Waals surface area contributed by atoms with E-state index in [0.717, 1.165) is 23.8 Å². The van der Waals surface area contributed by atoms with E-state index in [-0.39, 0.29) is 26.6 Å². The molecule has 0 aliphatic rings. The predicted octanol–water partition coefficient (Wildman–Crippen LogP) is 4.20. The molecule has 0 aliphatic heterocycles. The average molecular weight is 396 g/mol. The molecule has 0 bridgehead atoms. The van der Waals surface area contributed by atoms with Crippen molar-refractivity contribution in [2.75, 3.05) is 5.75 Å². The fourth-order valence-electron chi connectivity index (χ4n) is 2.35. The Morgan fingerprint density at radius 1 is 1.12 bits per heavy atom. The minimum Gasteiger partial charge on any atom is -0.293 e. The zero-order valence-electron chi connectivity index (χ0n) is 14.5. The van der Waals surface area contributed by atoms with Gasteiger partial charge in [0.1, 0.15) is 5.75 Å². The number of rotatable bonds is 5. The first-order valence-electron chi connectivity index (χ1n) is 7.72. The molecule has 26 heavy (non-hydrogen) atoms. The van der Waals surface area contributed by atoms with Gasteiger partial charge in [-0.05, 0) is 17.0 Å². The van der Waals surface area contributed by atoms with Gasteiger partial charge in [-0.3, -0.25) is 14.9 Å². The van der Waals surface area contributed by atoms with Crippen LogP contribution in [0.15, 0.2) is 47.4 Å². The summed E-state index contributed by atoms with van der Waals surface area (Å²) >= 11 is 5.86. The quantitative estimate of drug-likeness (QED) is 0.429. The molecule has 2 rings (SSSR count). The van der Waals surface area contributed by atoms with Crippen molar-refractivity contribution in [2.24, 2.45) is 0 Å². The summed E-state index contributed by atoms with van der Waals surface area (Å²) in [6.45, 7) is 6.10. The van der Waals surface area contributed by atoms with E-state index in [1.54, 1.807) is 24.3 Å². The van der Waals surface area contributed by atoms with Crippen molar-refractivity contribution in [3.05, 3.63) is 68.7 Å². The molecule has 0 aromatic heterocycles. The molecule has 0 unspecified atom stereocenters. The summed E-state index contributed by atoms with van der Waals surface area (Å²) in [5.74, 6) is -1.33. The summed E-state index contributed by atoms with van der Waals surface area (Å²) in [7, 11) is -4.02. The van der Waals surface area contributed by atoms with Crippen molar-refractivity contribution in [3.63, 3.8) is 0 Å². The fourth-order valence-corrected chi connectivity index (χ4v) is 4.17. The second-order valence-corrected chi connectivity index (χ2v) is 9.25. The Morgan fingerprint density at radius 3 is 2.15 bits per heavy atom. The van der Waals surface area contributed by atoms with Crippen molar-refractivity contribution in [3.8, 4) is 0 Å². The molecule has 138 valence electrons. The SMILES string of the molecule is CC(C)(C)c1ccc(C(=O)CS(=O)(=O)c2ccc([N+](=O)[O-])cc2Cl)cc1. The Balaban J connectivity index is 2.26. The van der Waals surface area contributed by atoms with Crippen molar-refractivity contribution in [1.82, 2.24) is 0 Å². The number of nitrogens with zero attached hydrogens (tertiary/aromatic N) is 1.